The van der Waals surface area contributed by atoms with Gasteiger partial charge in [0.15, 0.2) is 0 Å². The molecule has 0 spiro atoms. The van der Waals surface area contributed by atoms with Crippen LogP contribution in [0.1, 0.15) is 60.1 Å². The standard InChI is InChI=1S/C25H32Cl2N4O3/c1-16-23(28-15-29-24(16)34-14-17-11-18(26)13-19(27)12-17)25(32)31-9-7-20(8-10-31)30-21-5-3-4-6-22(21)33-2/h11-13,15,20-22,30H,3-10,14H2,1-2H3. The lowest BCUT2D eigenvalue weighted by atomic mass is 9.90. The SMILES string of the molecule is COC1CCCCC1NC1CCN(C(=O)c2ncnc(OCc3cc(Cl)cc(Cl)c3)c2C)CC1. The van der Waals surface area contributed by atoms with Crippen LogP contribution in [0.15, 0.2) is 24.5 Å². The van der Waals surface area contributed by atoms with Crippen molar-refractivity contribution in [1.29, 1.82) is 0 Å². The van der Waals surface area contributed by atoms with Gasteiger partial charge in [-0.3, -0.25) is 4.79 Å². The Morgan fingerprint density at radius 1 is 1.09 bits per heavy atom. The number of piperidine rings is 1. The fourth-order valence-corrected chi connectivity index (χ4v) is 5.48. The Morgan fingerprint density at radius 3 is 2.50 bits per heavy atom. The minimum absolute atomic E-state index is 0.0820. The Morgan fingerprint density at radius 2 is 1.79 bits per heavy atom. The highest BCUT2D eigenvalue weighted by Crippen LogP contribution is 2.25. The van der Waals surface area contributed by atoms with Gasteiger partial charge in [-0.15, -0.1) is 0 Å². The van der Waals surface area contributed by atoms with Crippen molar-refractivity contribution in [2.75, 3.05) is 20.2 Å². The lowest BCUT2D eigenvalue weighted by Crippen LogP contribution is -2.52. The molecule has 2 unspecified atom stereocenters. The lowest BCUT2D eigenvalue weighted by Gasteiger charge is -2.38. The van der Waals surface area contributed by atoms with E-state index in [2.05, 4.69) is 15.3 Å². The zero-order valence-electron chi connectivity index (χ0n) is 19.7. The van der Waals surface area contributed by atoms with Crippen LogP contribution in [-0.4, -0.2) is 59.2 Å². The van der Waals surface area contributed by atoms with Crippen LogP contribution in [-0.2, 0) is 11.3 Å². The quantitative estimate of drug-likeness (QED) is 0.579. The highest BCUT2D eigenvalue weighted by molar-refractivity contribution is 6.34. The maximum atomic E-state index is 13.2. The van der Waals surface area contributed by atoms with E-state index in [4.69, 9.17) is 32.7 Å². The van der Waals surface area contributed by atoms with Gasteiger partial charge in [0.25, 0.3) is 5.91 Å². The second-order valence-corrected chi connectivity index (χ2v) is 9.99. The predicted octanol–water partition coefficient (Wildman–Crippen LogP) is 4.82. The number of hydrogen-bond donors (Lipinski definition) is 1. The molecule has 2 aromatic rings. The molecule has 1 aromatic carbocycles. The first-order valence-corrected chi connectivity index (χ1v) is 12.7. The summed E-state index contributed by atoms with van der Waals surface area (Å²) in [5.74, 6) is 0.301. The Kier molecular flexibility index (Phi) is 8.64. The van der Waals surface area contributed by atoms with Crippen molar-refractivity contribution in [2.24, 2.45) is 0 Å². The molecular weight excluding hydrogens is 475 g/mol. The van der Waals surface area contributed by atoms with Gasteiger partial charge in [-0.1, -0.05) is 36.0 Å². The number of rotatable bonds is 7. The third-order valence-corrected chi connectivity index (χ3v) is 7.21. The number of benzene rings is 1. The number of ether oxygens (including phenoxy) is 2. The highest BCUT2D eigenvalue weighted by Gasteiger charge is 2.30. The molecule has 0 radical (unpaired) electrons. The van der Waals surface area contributed by atoms with Crippen LogP contribution in [0.5, 0.6) is 5.88 Å². The number of carbonyl (C=O) groups excluding carboxylic acids is 1. The topological polar surface area (TPSA) is 76.6 Å². The second kappa shape index (κ2) is 11.7. The first-order valence-electron chi connectivity index (χ1n) is 11.9. The van der Waals surface area contributed by atoms with Crippen LogP contribution >= 0.6 is 23.2 Å². The summed E-state index contributed by atoms with van der Waals surface area (Å²) in [5, 5.41) is 4.88. The van der Waals surface area contributed by atoms with E-state index in [-0.39, 0.29) is 12.5 Å². The summed E-state index contributed by atoms with van der Waals surface area (Å²) in [6, 6.07) is 6.06. The average molecular weight is 507 g/mol. The third kappa shape index (κ3) is 6.19. The Balaban J connectivity index is 1.34. The van der Waals surface area contributed by atoms with Gasteiger partial charge in [0.05, 0.1) is 6.10 Å². The summed E-state index contributed by atoms with van der Waals surface area (Å²) in [6.45, 7) is 3.45. The Labute approximate surface area is 211 Å². The molecule has 1 aliphatic heterocycles. The third-order valence-electron chi connectivity index (χ3n) is 6.78. The monoisotopic (exact) mass is 506 g/mol. The van der Waals surface area contributed by atoms with Crippen molar-refractivity contribution in [3.05, 3.63) is 51.4 Å². The van der Waals surface area contributed by atoms with Crippen molar-refractivity contribution >= 4 is 29.1 Å². The summed E-state index contributed by atoms with van der Waals surface area (Å²) >= 11 is 12.1. The molecular formula is C25H32Cl2N4O3. The number of nitrogens with zero attached hydrogens (tertiary/aromatic N) is 3. The number of likely N-dealkylation sites (tertiary alicyclic amines) is 1. The molecule has 0 bridgehead atoms. The van der Waals surface area contributed by atoms with Crippen molar-refractivity contribution in [2.45, 2.75) is 70.2 Å². The number of aromatic nitrogens is 2. The fourth-order valence-electron chi connectivity index (χ4n) is 4.91. The number of amides is 1. The molecule has 9 heteroatoms. The maximum absolute atomic E-state index is 13.2. The molecule has 2 aliphatic rings. The van der Waals surface area contributed by atoms with Gasteiger partial charge in [0, 0.05) is 47.9 Å². The van der Waals surface area contributed by atoms with Gasteiger partial charge in [-0.05, 0) is 56.4 Å². The zero-order valence-corrected chi connectivity index (χ0v) is 21.2. The normalized spacial score (nSPS) is 21.5. The van der Waals surface area contributed by atoms with Crippen LogP contribution < -0.4 is 10.1 Å². The Hall–Kier alpha value is -1.93. The van der Waals surface area contributed by atoms with E-state index in [0.29, 0.717) is 58.5 Å². The van der Waals surface area contributed by atoms with E-state index in [9.17, 15) is 4.79 Å². The number of nitrogens with one attached hydrogen (secondary N) is 1. The van der Waals surface area contributed by atoms with E-state index in [1.807, 2.05) is 11.8 Å². The number of methoxy groups -OCH3 is 1. The van der Waals surface area contributed by atoms with E-state index < -0.39 is 0 Å². The van der Waals surface area contributed by atoms with Gasteiger partial charge in [0.1, 0.15) is 18.6 Å². The second-order valence-electron chi connectivity index (χ2n) is 9.12. The minimum Gasteiger partial charge on any atom is -0.473 e. The van der Waals surface area contributed by atoms with Crippen molar-refractivity contribution < 1.29 is 14.3 Å². The molecule has 1 aliphatic carbocycles. The van der Waals surface area contributed by atoms with Crippen molar-refractivity contribution in [3.63, 3.8) is 0 Å². The van der Waals surface area contributed by atoms with Crippen LogP contribution in [0, 0.1) is 6.92 Å². The Bertz CT molecular complexity index is 978. The molecule has 1 amide bonds. The molecule has 7 nitrogen and oxygen atoms in total. The van der Waals surface area contributed by atoms with Gasteiger partial charge in [0.2, 0.25) is 5.88 Å². The number of halogens is 2. The summed E-state index contributed by atoms with van der Waals surface area (Å²) in [5.41, 5.74) is 1.84. The molecule has 2 heterocycles. The van der Waals surface area contributed by atoms with Crippen molar-refractivity contribution in [3.8, 4) is 5.88 Å². The summed E-state index contributed by atoms with van der Waals surface area (Å²) in [6.07, 6.45) is 8.26. The molecule has 1 saturated carbocycles. The molecule has 1 N–H and O–H groups in total. The largest absolute Gasteiger partial charge is 0.473 e. The van der Waals surface area contributed by atoms with E-state index in [1.54, 1.807) is 25.3 Å². The summed E-state index contributed by atoms with van der Waals surface area (Å²) < 4.78 is 11.6. The lowest BCUT2D eigenvalue weighted by molar-refractivity contribution is 0.0329. The van der Waals surface area contributed by atoms with E-state index >= 15 is 0 Å². The fraction of sp³-hybridized carbons (Fsp3) is 0.560. The van der Waals surface area contributed by atoms with Crippen molar-refractivity contribution in [1.82, 2.24) is 20.2 Å². The first-order chi connectivity index (χ1) is 16.4. The molecule has 1 aromatic heterocycles. The molecule has 184 valence electrons. The van der Waals surface area contributed by atoms with Gasteiger partial charge < -0.3 is 19.7 Å². The molecule has 2 atom stereocenters. The molecule has 4 rings (SSSR count). The molecule has 2 fully saturated rings. The van der Waals surface area contributed by atoms with Gasteiger partial charge in [-0.2, -0.15) is 0 Å². The number of hydrogen-bond acceptors (Lipinski definition) is 6. The predicted molar refractivity (Wildman–Crippen MR) is 133 cm³/mol. The van der Waals surface area contributed by atoms with Gasteiger partial charge in [-0.25, -0.2) is 9.97 Å². The zero-order chi connectivity index (χ0) is 24.1. The molecule has 34 heavy (non-hydrogen) atoms. The van der Waals surface area contributed by atoms with E-state index in [0.717, 1.165) is 31.2 Å². The van der Waals surface area contributed by atoms with Crippen LogP contribution in [0.25, 0.3) is 0 Å². The average Bonchev–Trinajstić information content (AvgIpc) is 2.83. The van der Waals surface area contributed by atoms with Crippen LogP contribution in [0.4, 0.5) is 0 Å². The minimum atomic E-state index is -0.0820. The highest BCUT2D eigenvalue weighted by atomic mass is 35.5. The van der Waals surface area contributed by atoms with E-state index in [1.165, 1.54) is 19.2 Å². The van der Waals surface area contributed by atoms with Crippen LogP contribution in [0.3, 0.4) is 0 Å². The maximum Gasteiger partial charge on any atom is 0.272 e. The smallest absolute Gasteiger partial charge is 0.272 e. The first kappa shape index (κ1) is 25.2. The molecule has 1 saturated heterocycles. The summed E-state index contributed by atoms with van der Waals surface area (Å²) in [7, 11) is 1.80. The van der Waals surface area contributed by atoms with Crippen LogP contribution in [0.2, 0.25) is 10.0 Å². The summed E-state index contributed by atoms with van der Waals surface area (Å²) in [4.78, 5) is 23.6. The number of carbonyl (C=O) groups is 1. The van der Waals surface area contributed by atoms with Gasteiger partial charge >= 0.3 is 0 Å².